The molecule has 0 fully saturated rings. The lowest BCUT2D eigenvalue weighted by atomic mass is 9.88. The molecule has 5 heteroatoms. The van der Waals surface area contributed by atoms with Crippen LogP contribution in [-0.4, -0.2) is 16.2 Å². The van der Waals surface area contributed by atoms with Crippen LogP contribution < -0.4 is 5.32 Å². The van der Waals surface area contributed by atoms with E-state index in [1.165, 1.54) is 12.3 Å². The minimum atomic E-state index is -1.16. The fourth-order valence-corrected chi connectivity index (χ4v) is 1.01. The van der Waals surface area contributed by atoms with Gasteiger partial charge in [-0.15, -0.1) is 0 Å². The summed E-state index contributed by atoms with van der Waals surface area (Å²) in [6, 6.07) is 5.35. The largest absolute Gasteiger partial charge is 0.465 e. The lowest BCUT2D eigenvalue weighted by Gasteiger charge is -2.14. The maximum Gasteiger partial charge on any atom is 0.410 e. The molecule has 0 bridgehead atoms. The molecule has 15 heavy (non-hydrogen) atoms. The number of amides is 1. The zero-order valence-corrected chi connectivity index (χ0v) is 8.48. The molecule has 0 spiro atoms. The molecule has 0 unspecified atom stereocenters. The van der Waals surface area contributed by atoms with E-state index in [0.29, 0.717) is 0 Å². The summed E-state index contributed by atoms with van der Waals surface area (Å²) in [5.74, 6) is 0.250. The molecule has 5 nitrogen and oxygen atoms in total. The molecule has 2 N–H and O–H groups in total. The van der Waals surface area contributed by atoms with E-state index in [9.17, 15) is 4.79 Å². The molecule has 0 aromatic carbocycles. The lowest BCUT2D eigenvalue weighted by Crippen LogP contribution is -2.15. The number of hydrogen-bond donors (Lipinski definition) is 2. The Morgan fingerprint density at radius 3 is 2.67 bits per heavy atom. The van der Waals surface area contributed by atoms with Gasteiger partial charge >= 0.3 is 6.09 Å². The van der Waals surface area contributed by atoms with E-state index in [1.807, 2.05) is 0 Å². The summed E-state index contributed by atoms with van der Waals surface area (Å²) in [6.45, 7) is 3.54. The second-order valence-electron chi connectivity index (χ2n) is 3.60. The van der Waals surface area contributed by atoms with Crippen molar-refractivity contribution in [1.82, 2.24) is 4.98 Å². The number of hydrogen-bond acceptors (Lipinski definition) is 3. The third-order valence-electron chi connectivity index (χ3n) is 2.00. The van der Waals surface area contributed by atoms with Gasteiger partial charge in [-0.25, -0.2) is 9.78 Å². The van der Waals surface area contributed by atoms with Gasteiger partial charge in [-0.05, 0) is 25.5 Å². The maximum atomic E-state index is 10.3. The number of rotatable bonds is 2. The molecule has 0 radical (unpaired) electrons. The van der Waals surface area contributed by atoms with Crippen LogP contribution in [0.15, 0.2) is 18.3 Å². The molecule has 1 aromatic heterocycles. The first-order chi connectivity index (χ1) is 6.95. The van der Waals surface area contributed by atoms with Gasteiger partial charge in [-0.2, -0.15) is 5.26 Å². The van der Waals surface area contributed by atoms with Gasteiger partial charge in [0, 0.05) is 6.20 Å². The normalized spacial score (nSPS) is 10.5. The molecule has 1 amide bonds. The molecular formula is C10H11N3O2. The van der Waals surface area contributed by atoms with Crippen LogP contribution in [0.2, 0.25) is 0 Å². The number of pyridine rings is 1. The molecule has 0 aliphatic carbocycles. The van der Waals surface area contributed by atoms with Crippen LogP contribution in [-0.2, 0) is 5.41 Å². The fourth-order valence-electron chi connectivity index (χ4n) is 1.01. The number of nitriles is 1. The molecule has 0 saturated heterocycles. The molecular weight excluding hydrogens is 194 g/mol. The summed E-state index contributed by atoms with van der Waals surface area (Å²) in [4.78, 5) is 14.2. The van der Waals surface area contributed by atoms with Crippen LogP contribution in [0, 0.1) is 11.3 Å². The highest BCUT2D eigenvalue weighted by atomic mass is 16.4. The minimum Gasteiger partial charge on any atom is -0.465 e. The minimum absolute atomic E-state index is 0.250. The number of nitrogens with one attached hydrogen (secondary N) is 1. The first kappa shape index (κ1) is 11.0. The molecule has 0 aliphatic rings. The van der Waals surface area contributed by atoms with E-state index in [-0.39, 0.29) is 5.82 Å². The van der Waals surface area contributed by atoms with Gasteiger partial charge in [0.1, 0.15) is 5.82 Å². The first-order valence-corrected chi connectivity index (χ1v) is 4.33. The van der Waals surface area contributed by atoms with Gasteiger partial charge in [-0.3, -0.25) is 5.32 Å². The molecule has 78 valence electrons. The molecule has 0 saturated carbocycles. The Morgan fingerprint density at radius 2 is 2.27 bits per heavy atom. The Labute approximate surface area is 87.4 Å². The van der Waals surface area contributed by atoms with Crippen LogP contribution in [0.3, 0.4) is 0 Å². The smallest absolute Gasteiger partial charge is 0.410 e. The Balaban J connectivity index is 2.91. The van der Waals surface area contributed by atoms with Gasteiger partial charge in [-0.1, -0.05) is 6.07 Å². The quantitative estimate of drug-likeness (QED) is 0.772. The zero-order valence-electron chi connectivity index (χ0n) is 8.48. The summed E-state index contributed by atoms with van der Waals surface area (Å²) < 4.78 is 0. The third-order valence-corrected chi connectivity index (χ3v) is 2.00. The van der Waals surface area contributed by atoms with Gasteiger partial charge in [0.25, 0.3) is 0 Å². The van der Waals surface area contributed by atoms with E-state index in [2.05, 4.69) is 16.4 Å². The SMILES string of the molecule is CC(C)(C#N)c1ccc(NC(=O)O)nc1. The van der Waals surface area contributed by atoms with Crippen molar-refractivity contribution in [2.75, 3.05) is 5.32 Å². The Bertz CT molecular complexity index is 404. The average molecular weight is 205 g/mol. The Kier molecular flexibility index (Phi) is 2.90. The van der Waals surface area contributed by atoms with E-state index in [0.717, 1.165) is 5.56 Å². The van der Waals surface area contributed by atoms with Gasteiger partial charge in [0.2, 0.25) is 0 Å². The zero-order chi connectivity index (χ0) is 11.5. The number of anilines is 1. The maximum absolute atomic E-state index is 10.3. The van der Waals surface area contributed by atoms with Crippen molar-refractivity contribution in [2.45, 2.75) is 19.3 Å². The molecule has 1 rings (SSSR count). The van der Waals surface area contributed by atoms with E-state index in [1.54, 1.807) is 19.9 Å². The van der Waals surface area contributed by atoms with Crippen LogP contribution in [0.4, 0.5) is 10.6 Å². The molecule has 1 aromatic rings. The predicted octanol–water partition coefficient (Wildman–Crippen LogP) is 1.97. The molecule has 0 atom stereocenters. The van der Waals surface area contributed by atoms with E-state index >= 15 is 0 Å². The molecule has 1 heterocycles. The number of aromatic nitrogens is 1. The van der Waals surface area contributed by atoms with E-state index in [4.69, 9.17) is 10.4 Å². The second kappa shape index (κ2) is 3.96. The highest BCUT2D eigenvalue weighted by Crippen LogP contribution is 2.21. The predicted molar refractivity (Wildman–Crippen MR) is 54.5 cm³/mol. The number of carbonyl (C=O) groups is 1. The fraction of sp³-hybridized carbons (Fsp3) is 0.300. The summed E-state index contributed by atoms with van der Waals surface area (Å²) in [6.07, 6.45) is 0.337. The number of nitrogens with zero attached hydrogens (tertiary/aromatic N) is 2. The third kappa shape index (κ3) is 2.68. The van der Waals surface area contributed by atoms with Crippen LogP contribution in [0.1, 0.15) is 19.4 Å². The van der Waals surface area contributed by atoms with Crippen molar-refractivity contribution in [3.63, 3.8) is 0 Å². The highest BCUT2D eigenvalue weighted by Gasteiger charge is 2.19. The second-order valence-corrected chi connectivity index (χ2v) is 3.60. The van der Waals surface area contributed by atoms with Gasteiger partial charge in [0.15, 0.2) is 0 Å². The van der Waals surface area contributed by atoms with Crippen molar-refractivity contribution >= 4 is 11.9 Å². The van der Waals surface area contributed by atoms with Gasteiger partial charge in [0.05, 0.1) is 11.5 Å². The first-order valence-electron chi connectivity index (χ1n) is 4.33. The summed E-state index contributed by atoms with van der Waals surface area (Å²) in [5, 5.41) is 19.4. The van der Waals surface area contributed by atoms with Crippen molar-refractivity contribution in [3.8, 4) is 6.07 Å². The topological polar surface area (TPSA) is 86.0 Å². The van der Waals surface area contributed by atoms with Crippen molar-refractivity contribution in [3.05, 3.63) is 23.9 Å². The Hall–Kier alpha value is -2.09. The Morgan fingerprint density at radius 1 is 1.60 bits per heavy atom. The summed E-state index contributed by atoms with van der Waals surface area (Å²) in [5.41, 5.74) is 0.135. The van der Waals surface area contributed by atoms with Crippen molar-refractivity contribution < 1.29 is 9.90 Å². The number of carboxylic acid groups (broad SMARTS) is 1. The van der Waals surface area contributed by atoms with Crippen molar-refractivity contribution in [2.24, 2.45) is 0 Å². The van der Waals surface area contributed by atoms with Crippen LogP contribution >= 0.6 is 0 Å². The summed E-state index contributed by atoms with van der Waals surface area (Å²) in [7, 11) is 0. The molecule has 0 aliphatic heterocycles. The van der Waals surface area contributed by atoms with Crippen LogP contribution in [0.5, 0.6) is 0 Å². The standard InChI is InChI=1S/C10H11N3O2/c1-10(2,6-11)7-3-4-8(12-5-7)13-9(14)15/h3-5H,1-2H3,(H,12,13)(H,14,15). The van der Waals surface area contributed by atoms with Crippen molar-refractivity contribution in [1.29, 1.82) is 5.26 Å². The lowest BCUT2D eigenvalue weighted by molar-refractivity contribution is 0.209. The highest BCUT2D eigenvalue weighted by molar-refractivity contribution is 5.81. The van der Waals surface area contributed by atoms with Gasteiger partial charge < -0.3 is 5.11 Å². The summed E-state index contributed by atoms with van der Waals surface area (Å²) >= 11 is 0. The monoisotopic (exact) mass is 205 g/mol. The average Bonchev–Trinajstić information content (AvgIpc) is 2.18. The van der Waals surface area contributed by atoms with Crippen LogP contribution in [0.25, 0.3) is 0 Å². The van der Waals surface area contributed by atoms with E-state index < -0.39 is 11.5 Å².